The third-order valence-electron chi connectivity index (χ3n) is 4.09. The van der Waals surface area contributed by atoms with E-state index in [2.05, 4.69) is 20.6 Å². The first-order valence-electron chi connectivity index (χ1n) is 8.26. The minimum absolute atomic E-state index is 0.226. The van der Waals surface area contributed by atoms with E-state index in [4.69, 9.17) is 0 Å². The number of anilines is 1. The predicted octanol–water partition coefficient (Wildman–Crippen LogP) is 2.86. The molecule has 4 rings (SSSR count). The van der Waals surface area contributed by atoms with E-state index in [0.29, 0.717) is 16.0 Å². The van der Waals surface area contributed by atoms with Gasteiger partial charge in [-0.25, -0.2) is 9.67 Å². The van der Waals surface area contributed by atoms with Crippen LogP contribution in [-0.2, 0) is 11.3 Å². The lowest BCUT2D eigenvalue weighted by Crippen LogP contribution is -2.30. The van der Waals surface area contributed by atoms with E-state index >= 15 is 0 Å². The standard InChI is InChI=1S/C19H15N5O2S/c1-12-6-2-3-7-13(12)16-11-27-19(20-16)21-17(25)10-24-18(26)14-8-4-5-9-15(14)22-23-24/h2-9,11H,10H2,1H3,(H,20,21,25). The van der Waals surface area contributed by atoms with Crippen molar-refractivity contribution in [1.29, 1.82) is 0 Å². The average Bonchev–Trinajstić information content (AvgIpc) is 3.12. The number of thiazole rings is 1. The first-order valence-corrected chi connectivity index (χ1v) is 9.14. The summed E-state index contributed by atoms with van der Waals surface area (Å²) in [5, 5.41) is 13.3. The highest BCUT2D eigenvalue weighted by atomic mass is 32.1. The van der Waals surface area contributed by atoms with E-state index in [1.165, 1.54) is 11.3 Å². The predicted molar refractivity (Wildman–Crippen MR) is 105 cm³/mol. The molecule has 0 aliphatic heterocycles. The zero-order valence-electron chi connectivity index (χ0n) is 14.4. The fourth-order valence-corrected chi connectivity index (χ4v) is 3.46. The molecule has 0 unspecified atom stereocenters. The number of nitrogens with zero attached hydrogens (tertiary/aromatic N) is 4. The Morgan fingerprint density at radius 3 is 2.78 bits per heavy atom. The summed E-state index contributed by atoms with van der Waals surface area (Å²) in [5.41, 5.74) is 3.08. The monoisotopic (exact) mass is 377 g/mol. The van der Waals surface area contributed by atoms with Crippen molar-refractivity contribution in [2.75, 3.05) is 5.32 Å². The van der Waals surface area contributed by atoms with Crippen molar-refractivity contribution in [3.63, 3.8) is 0 Å². The third kappa shape index (κ3) is 3.47. The average molecular weight is 377 g/mol. The zero-order valence-corrected chi connectivity index (χ0v) is 15.2. The summed E-state index contributed by atoms with van der Waals surface area (Å²) in [6, 6.07) is 14.8. The molecule has 1 amide bonds. The largest absolute Gasteiger partial charge is 0.300 e. The van der Waals surface area contributed by atoms with Crippen LogP contribution >= 0.6 is 11.3 Å². The summed E-state index contributed by atoms with van der Waals surface area (Å²) in [7, 11) is 0. The minimum atomic E-state index is -0.382. The number of hydrogen-bond donors (Lipinski definition) is 1. The number of carbonyl (C=O) groups is 1. The molecule has 2 aromatic carbocycles. The maximum Gasteiger partial charge on any atom is 0.278 e. The number of aryl methyl sites for hydroxylation is 1. The van der Waals surface area contributed by atoms with Gasteiger partial charge in [-0.3, -0.25) is 9.59 Å². The Morgan fingerprint density at radius 1 is 1.15 bits per heavy atom. The smallest absolute Gasteiger partial charge is 0.278 e. The van der Waals surface area contributed by atoms with Gasteiger partial charge in [-0.2, -0.15) is 0 Å². The van der Waals surface area contributed by atoms with Crippen molar-refractivity contribution in [3.05, 3.63) is 69.8 Å². The molecule has 2 aromatic heterocycles. The highest BCUT2D eigenvalue weighted by Crippen LogP contribution is 2.27. The first-order chi connectivity index (χ1) is 13.1. The first kappa shape index (κ1) is 17.0. The molecule has 0 saturated heterocycles. The van der Waals surface area contributed by atoms with Gasteiger partial charge in [0, 0.05) is 10.9 Å². The summed E-state index contributed by atoms with van der Waals surface area (Å²) in [6.07, 6.45) is 0. The molecule has 0 aliphatic rings. The number of fused-ring (bicyclic) bond motifs is 1. The fourth-order valence-electron chi connectivity index (χ4n) is 2.74. The Kier molecular flexibility index (Phi) is 4.47. The van der Waals surface area contributed by atoms with Crippen LogP contribution in [0.4, 0.5) is 5.13 Å². The molecule has 8 heteroatoms. The minimum Gasteiger partial charge on any atom is -0.300 e. The van der Waals surface area contributed by atoms with E-state index in [-0.39, 0.29) is 18.0 Å². The molecule has 134 valence electrons. The molecule has 0 spiro atoms. The maximum atomic E-state index is 12.4. The normalized spacial score (nSPS) is 10.9. The van der Waals surface area contributed by atoms with Crippen LogP contribution in [0.3, 0.4) is 0 Å². The fraction of sp³-hybridized carbons (Fsp3) is 0.105. The zero-order chi connectivity index (χ0) is 18.8. The van der Waals surface area contributed by atoms with Crippen LogP contribution in [0.1, 0.15) is 5.56 Å². The van der Waals surface area contributed by atoms with Gasteiger partial charge in [0.15, 0.2) is 5.13 Å². The molecular formula is C19H15N5O2S. The Bertz CT molecular complexity index is 1200. The Labute approximate surface area is 158 Å². The van der Waals surface area contributed by atoms with Gasteiger partial charge < -0.3 is 5.32 Å². The number of benzene rings is 2. The molecule has 0 aliphatic carbocycles. The lowest BCUT2D eigenvalue weighted by molar-refractivity contribution is -0.117. The van der Waals surface area contributed by atoms with E-state index in [1.807, 2.05) is 36.6 Å². The Morgan fingerprint density at radius 2 is 1.93 bits per heavy atom. The number of rotatable bonds is 4. The van der Waals surface area contributed by atoms with Gasteiger partial charge in [0.25, 0.3) is 5.56 Å². The Balaban J connectivity index is 1.52. The lowest BCUT2D eigenvalue weighted by Gasteiger charge is -2.05. The van der Waals surface area contributed by atoms with Crippen molar-refractivity contribution >= 4 is 33.3 Å². The quantitative estimate of drug-likeness (QED) is 0.591. The number of aromatic nitrogens is 4. The van der Waals surface area contributed by atoms with Crippen LogP contribution in [0.2, 0.25) is 0 Å². The van der Waals surface area contributed by atoms with Gasteiger partial charge in [0.2, 0.25) is 5.91 Å². The van der Waals surface area contributed by atoms with Gasteiger partial charge >= 0.3 is 0 Å². The second-order valence-electron chi connectivity index (χ2n) is 5.97. The molecule has 1 N–H and O–H groups in total. The molecule has 0 bridgehead atoms. The molecule has 2 heterocycles. The van der Waals surface area contributed by atoms with Gasteiger partial charge in [-0.1, -0.05) is 41.6 Å². The van der Waals surface area contributed by atoms with Crippen LogP contribution in [0.5, 0.6) is 0 Å². The van der Waals surface area contributed by atoms with Crippen molar-refractivity contribution in [3.8, 4) is 11.3 Å². The maximum absolute atomic E-state index is 12.4. The van der Waals surface area contributed by atoms with Gasteiger partial charge in [0.1, 0.15) is 12.1 Å². The van der Waals surface area contributed by atoms with Crippen molar-refractivity contribution in [2.24, 2.45) is 0 Å². The van der Waals surface area contributed by atoms with Crippen LogP contribution in [0, 0.1) is 6.92 Å². The molecule has 0 atom stereocenters. The number of nitrogens with one attached hydrogen (secondary N) is 1. The number of hydrogen-bond acceptors (Lipinski definition) is 6. The topological polar surface area (TPSA) is 89.8 Å². The van der Waals surface area contributed by atoms with Gasteiger partial charge in [0.05, 0.1) is 11.1 Å². The lowest BCUT2D eigenvalue weighted by atomic mass is 10.1. The van der Waals surface area contributed by atoms with Crippen LogP contribution in [0.15, 0.2) is 58.7 Å². The summed E-state index contributed by atoms with van der Waals surface area (Å²) in [6.45, 7) is 1.79. The number of amides is 1. The Hall–Kier alpha value is -3.39. The van der Waals surface area contributed by atoms with E-state index in [1.54, 1.807) is 24.3 Å². The molecular weight excluding hydrogens is 362 g/mol. The van der Waals surface area contributed by atoms with Crippen molar-refractivity contribution in [1.82, 2.24) is 20.0 Å². The van der Waals surface area contributed by atoms with Crippen LogP contribution < -0.4 is 10.9 Å². The number of carbonyl (C=O) groups excluding carboxylic acids is 1. The van der Waals surface area contributed by atoms with Gasteiger partial charge in [-0.05, 0) is 24.6 Å². The van der Waals surface area contributed by atoms with Crippen LogP contribution in [-0.4, -0.2) is 25.9 Å². The highest BCUT2D eigenvalue weighted by molar-refractivity contribution is 7.14. The molecule has 0 radical (unpaired) electrons. The molecule has 0 fully saturated rings. The summed E-state index contributed by atoms with van der Waals surface area (Å²) in [4.78, 5) is 29.2. The summed E-state index contributed by atoms with van der Waals surface area (Å²) < 4.78 is 1.05. The molecule has 7 nitrogen and oxygen atoms in total. The third-order valence-corrected chi connectivity index (χ3v) is 4.85. The van der Waals surface area contributed by atoms with Crippen molar-refractivity contribution < 1.29 is 4.79 Å². The van der Waals surface area contributed by atoms with E-state index in [0.717, 1.165) is 21.5 Å². The van der Waals surface area contributed by atoms with E-state index < -0.39 is 0 Å². The second kappa shape index (κ2) is 7.08. The molecule has 4 aromatic rings. The highest BCUT2D eigenvalue weighted by Gasteiger charge is 2.12. The summed E-state index contributed by atoms with van der Waals surface area (Å²) in [5.74, 6) is -0.382. The molecule has 27 heavy (non-hydrogen) atoms. The van der Waals surface area contributed by atoms with Gasteiger partial charge in [-0.15, -0.1) is 16.4 Å². The van der Waals surface area contributed by atoms with E-state index in [9.17, 15) is 9.59 Å². The SMILES string of the molecule is Cc1ccccc1-c1csc(NC(=O)Cn2nnc3ccccc3c2=O)n1. The summed E-state index contributed by atoms with van der Waals surface area (Å²) >= 11 is 1.33. The second-order valence-corrected chi connectivity index (χ2v) is 6.83. The van der Waals surface area contributed by atoms with Crippen molar-refractivity contribution in [2.45, 2.75) is 13.5 Å². The molecule has 0 saturated carbocycles. The van der Waals surface area contributed by atoms with Crippen LogP contribution in [0.25, 0.3) is 22.2 Å².